The summed E-state index contributed by atoms with van der Waals surface area (Å²) < 4.78 is 44.5. The summed E-state index contributed by atoms with van der Waals surface area (Å²) in [5, 5.41) is 20.5. The molecule has 0 radical (unpaired) electrons. The number of aryl methyl sites for hydroxylation is 2. The SMILES string of the molecule is Cc1sc2c(c1C)C(c1ccc(Cl)cc1)=N[C@@H](CC(=O)NCCOCCOCCN)c1nnc(C)n1-2.O=C(O)C(F)(F)F. The van der Waals surface area contributed by atoms with Crippen LogP contribution in [-0.2, 0) is 19.1 Å². The van der Waals surface area contributed by atoms with Gasteiger partial charge in [-0.15, -0.1) is 21.5 Å². The number of nitrogens with one attached hydrogen (secondary N) is 1. The number of aliphatic carboxylic acids is 1. The number of benzene rings is 1. The van der Waals surface area contributed by atoms with Crippen molar-refractivity contribution in [2.75, 3.05) is 39.5 Å². The van der Waals surface area contributed by atoms with Crippen LogP contribution in [0.4, 0.5) is 13.2 Å². The van der Waals surface area contributed by atoms with Crippen molar-refractivity contribution in [3.05, 3.63) is 62.5 Å². The predicted molar refractivity (Wildman–Crippen MR) is 155 cm³/mol. The first-order chi connectivity index (χ1) is 20.3. The molecule has 0 unspecified atom stereocenters. The molecule has 0 spiro atoms. The topological polar surface area (TPSA) is 154 Å². The van der Waals surface area contributed by atoms with Crippen molar-refractivity contribution < 1.29 is 37.3 Å². The van der Waals surface area contributed by atoms with Crippen LogP contribution in [0.5, 0.6) is 0 Å². The van der Waals surface area contributed by atoms with Gasteiger partial charge in [0.1, 0.15) is 16.9 Å². The quantitative estimate of drug-likeness (QED) is 0.265. The van der Waals surface area contributed by atoms with Gasteiger partial charge in [0.15, 0.2) is 5.82 Å². The number of fused-ring (bicyclic) bond motifs is 3. The second-order valence-corrected chi connectivity index (χ2v) is 10.9. The van der Waals surface area contributed by atoms with Crippen LogP contribution in [0.25, 0.3) is 5.00 Å². The van der Waals surface area contributed by atoms with Crippen LogP contribution in [0.2, 0.25) is 5.02 Å². The van der Waals surface area contributed by atoms with E-state index in [2.05, 4.69) is 29.4 Å². The molecule has 1 atom stereocenters. The lowest BCUT2D eigenvalue weighted by Gasteiger charge is -2.13. The highest BCUT2D eigenvalue weighted by Gasteiger charge is 2.38. The summed E-state index contributed by atoms with van der Waals surface area (Å²) in [5.74, 6) is -1.47. The number of nitrogens with zero attached hydrogens (tertiary/aromatic N) is 4. The van der Waals surface area contributed by atoms with Crippen molar-refractivity contribution in [1.82, 2.24) is 20.1 Å². The van der Waals surface area contributed by atoms with Crippen molar-refractivity contribution in [2.24, 2.45) is 10.7 Å². The van der Waals surface area contributed by atoms with Gasteiger partial charge in [-0.05, 0) is 38.5 Å². The lowest BCUT2D eigenvalue weighted by Crippen LogP contribution is -2.29. The number of nitrogens with two attached hydrogens (primary N) is 1. The average molecular weight is 645 g/mol. The molecule has 2 aromatic heterocycles. The molecule has 0 bridgehead atoms. The molecule has 3 heterocycles. The van der Waals surface area contributed by atoms with Crippen LogP contribution >= 0.6 is 22.9 Å². The van der Waals surface area contributed by atoms with Gasteiger partial charge >= 0.3 is 12.1 Å². The molecule has 0 aliphatic carbocycles. The summed E-state index contributed by atoms with van der Waals surface area (Å²) in [5.41, 5.74) is 9.34. The maximum atomic E-state index is 12.9. The summed E-state index contributed by atoms with van der Waals surface area (Å²) in [6.45, 7) is 8.84. The van der Waals surface area contributed by atoms with Crippen LogP contribution < -0.4 is 11.1 Å². The predicted octanol–water partition coefficient (Wildman–Crippen LogP) is 3.93. The third-order valence-corrected chi connectivity index (χ3v) is 7.63. The number of alkyl halides is 3. The lowest BCUT2D eigenvalue weighted by molar-refractivity contribution is -0.192. The number of rotatable bonds is 11. The second-order valence-electron chi connectivity index (χ2n) is 9.28. The van der Waals surface area contributed by atoms with E-state index >= 15 is 0 Å². The Balaban J connectivity index is 0.000000646. The molecule has 11 nitrogen and oxygen atoms in total. The third kappa shape index (κ3) is 9.06. The zero-order valence-corrected chi connectivity index (χ0v) is 25.3. The molecule has 43 heavy (non-hydrogen) atoms. The Morgan fingerprint density at radius 3 is 2.33 bits per heavy atom. The molecule has 4 rings (SSSR count). The van der Waals surface area contributed by atoms with Crippen molar-refractivity contribution in [3.8, 4) is 5.00 Å². The van der Waals surface area contributed by atoms with Gasteiger partial charge in [0.25, 0.3) is 0 Å². The Morgan fingerprint density at radius 1 is 1.09 bits per heavy atom. The van der Waals surface area contributed by atoms with Crippen molar-refractivity contribution in [2.45, 2.75) is 39.4 Å². The highest BCUT2D eigenvalue weighted by atomic mass is 35.5. The van der Waals surface area contributed by atoms with Crippen LogP contribution in [0, 0.1) is 20.8 Å². The number of aromatic nitrogens is 3. The van der Waals surface area contributed by atoms with Gasteiger partial charge in [-0.25, -0.2) is 4.79 Å². The van der Waals surface area contributed by atoms with Gasteiger partial charge in [0.2, 0.25) is 5.91 Å². The Kier molecular flexibility index (Phi) is 12.2. The van der Waals surface area contributed by atoms with Crippen molar-refractivity contribution in [3.63, 3.8) is 0 Å². The van der Waals surface area contributed by atoms with Gasteiger partial charge in [-0.2, -0.15) is 13.2 Å². The molecule has 0 saturated heterocycles. The smallest absolute Gasteiger partial charge is 0.475 e. The largest absolute Gasteiger partial charge is 0.490 e. The van der Waals surface area contributed by atoms with E-state index < -0.39 is 18.2 Å². The third-order valence-electron chi connectivity index (χ3n) is 6.18. The van der Waals surface area contributed by atoms with E-state index in [1.165, 1.54) is 4.88 Å². The first-order valence-electron chi connectivity index (χ1n) is 13.1. The molecule has 1 aromatic carbocycles. The second kappa shape index (κ2) is 15.4. The summed E-state index contributed by atoms with van der Waals surface area (Å²) >= 11 is 7.84. The molecule has 4 N–H and O–H groups in total. The first kappa shape index (κ1) is 34.1. The van der Waals surface area contributed by atoms with Crippen LogP contribution in [-0.4, -0.2) is 83.2 Å². The number of carboxylic acid groups (broad SMARTS) is 1. The lowest BCUT2D eigenvalue weighted by atomic mass is 9.99. The van der Waals surface area contributed by atoms with E-state index in [1.54, 1.807) is 11.3 Å². The summed E-state index contributed by atoms with van der Waals surface area (Å²) in [6.07, 6.45) is -4.94. The van der Waals surface area contributed by atoms with Gasteiger partial charge < -0.3 is 25.6 Å². The van der Waals surface area contributed by atoms with Gasteiger partial charge in [-0.1, -0.05) is 23.7 Å². The van der Waals surface area contributed by atoms with E-state index in [9.17, 15) is 18.0 Å². The highest BCUT2D eigenvalue weighted by Crippen LogP contribution is 2.39. The summed E-state index contributed by atoms with van der Waals surface area (Å²) in [6, 6.07) is 7.13. The zero-order chi connectivity index (χ0) is 31.7. The number of aliphatic imine (C=N–C) groups is 1. The molecular formula is C27H32ClF3N6O5S. The molecular weight excluding hydrogens is 613 g/mol. The Morgan fingerprint density at radius 2 is 1.72 bits per heavy atom. The van der Waals surface area contributed by atoms with Crippen LogP contribution in [0.3, 0.4) is 0 Å². The van der Waals surface area contributed by atoms with Gasteiger partial charge in [0, 0.05) is 34.1 Å². The number of amides is 1. The summed E-state index contributed by atoms with van der Waals surface area (Å²) in [4.78, 5) is 28.1. The van der Waals surface area contributed by atoms with Gasteiger partial charge in [-0.3, -0.25) is 14.4 Å². The van der Waals surface area contributed by atoms with E-state index in [1.807, 2.05) is 35.8 Å². The normalized spacial score (nSPS) is 14.1. The fraction of sp³-hybridized carbons (Fsp3) is 0.444. The van der Waals surface area contributed by atoms with Crippen LogP contribution in [0.1, 0.15) is 45.7 Å². The Bertz CT molecular complexity index is 1440. The number of hydrogen-bond donors (Lipinski definition) is 3. The molecule has 16 heteroatoms. The number of carboxylic acids is 1. The van der Waals surface area contributed by atoms with E-state index in [4.69, 9.17) is 41.7 Å². The molecule has 1 amide bonds. The Labute approximate surface area is 254 Å². The van der Waals surface area contributed by atoms with Crippen molar-refractivity contribution in [1.29, 1.82) is 0 Å². The van der Waals surface area contributed by atoms with E-state index in [0.717, 1.165) is 33.2 Å². The highest BCUT2D eigenvalue weighted by molar-refractivity contribution is 7.15. The van der Waals surface area contributed by atoms with Crippen molar-refractivity contribution >= 4 is 40.5 Å². The average Bonchev–Trinajstić information content (AvgIpc) is 3.42. The minimum Gasteiger partial charge on any atom is -0.475 e. The Hall–Kier alpha value is -3.37. The minimum absolute atomic E-state index is 0.132. The minimum atomic E-state index is -5.08. The zero-order valence-electron chi connectivity index (χ0n) is 23.7. The molecule has 0 saturated carbocycles. The molecule has 1 aliphatic heterocycles. The maximum absolute atomic E-state index is 12.9. The number of carbonyl (C=O) groups is 2. The fourth-order valence-corrected chi connectivity index (χ4v) is 5.39. The van der Waals surface area contributed by atoms with E-state index in [0.29, 0.717) is 50.4 Å². The first-order valence-corrected chi connectivity index (χ1v) is 14.3. The summed E-state index contributed by atoms with van der Waals surface area (Å²) in [7, 11) is 0. The maximum Gasteiger partial charge on any atom is 0.490 e. The van der Waals surface area contributed by atoms with E-state index in [-0.39, 0.29) is 12.3 Å². The fourth-order valence-electron chi connectivity index (χ4n) is 4.05. The number of thiophene rings is 1. The number of hydrogen-bond acceptors (Lipinski definition) is 9. The molecule has 234 valence electrons. The molecule has 3 aromatic rings. The number of halogens is 4. The van der Waals surface area contributed by atoms with Crippen LogP contribution in [0.15, 0.2) is 29.3 Å². The number of ether oxygens (including phenoxy) is 2. The standard InChI is InChI=1S/C25H31ClN6O3S.C2HF3O2/c1-15-16(2)36-25-22(15)23(18-4-6-19(26)7-5-18)29-20(24-31-30-17(3)32(24)25)14-21(33)28-9-11-35-13-12-34-10-8-27;3-2(4,5)1(6)7/h4-7,20H,8-14,27H2,1-3H3,(H,28,33);(H,6,7)/t20-;/m0./s1. The molecule has 0 fully saturated rings. The molecule has 1 aliphatic rings. The van der Waals surface area contributed by atoms with Gasteiger partial charge in [0.05, 0.1) is 38.6 Å². The monoisotopic (exact) mass is 644 g/mol. The number of carbonyl (C=O) groups excluding carboxylic acids is 1.